The van der Waals surface area contributed by atoms with Gasteiger partial charge in [-0.2, -0.15) is 0 Å². The van der Waals surface area contributed by atoms with Gasteiger partial charge in [0, 0.05) is 6.42 Å². The lowest BCUT2D eigenvalue weighted by molar-refractivity contribution is 0.518. The van der Waals surface area contributed by atoms with Crippen LogP contribution < -0.4 is 5.32 Å². The molecule has 0 amide bonds. The second kappa shape index (κ2) is 7.63. The third-order valence-corrected chi connectivity index (χ3v) is 1.69. The molecule has 1 heteroatoms. The quantitative estimate of drug-likeness (QED) is 0.471. The van der Waals surface area contributed by atoms with Crippen LogP contribution in [0.2, 0.25) is 0 Å². The Morgan fingerprint density at radius 2 is 2.18 bits per heavy atom. The minimum atomic E-state index is 0.737. The average Bonchev–Trinajstić information content (AvgIpc) is 2.01. The zero-order valence-electron chi connectivity index (χ0n) is 7.91. The molecule has 0 spiro atoms. The van der Waals surface area contributed by atoms with Gasteiger partial charge in [-0.1, -0.05) is 13.8 Å². The van der Waals surface area contributed by atoms with E-state index in [2.05, 4.69) is 31.0 Å². The van der Waals surface area contributed by atoms with Crippen LogP contribution in [0.15, 0.2) is 0 Å². The summed E-state index contributed by atoms with van der Waals surface area (Å²) in [6.07, 6.45) is 2.28. The van der Waals surface area contributed by atoms with E-state index in [4.69, 9.17) is 0 Å². The van der Waals surface area contributed by atoms with Crippen molar-refractivity contribution in [3.63, 3.8) is 0 Å². The van der Waals surface area contributed by atoms with E-state index in [-0.39, 0.29) is 0 Å². The lowest BCUT2D eigenvalue weighted by atomic mass is 10.0. The van der Waals surface area contributed by atoms with Gasteiger partial charge in [0.2, 0.25) is 0 Å². The van der Waals surface area contributed by atoms with Gasteiger partial charge < -0.3 is 5.32 Å². The van der Waals surface area contributed by atoms with Crippen molar-refractivity contribution in [3.05, 3.63) is 0 Å². The maximum Gasteiger partial charge on any atom is 0.0115 e. The summed E-state index contributed by atoms with van der Waals surface area (Å²) >= 11 is 0. The number of rotatable bonds is 5. The molecule has 0 saturated carbocycles. The van der Waals surface area contributed by atoms with Gasteiger partial charge in [-0.05, 0) is 32.4 Å². The predicted octanol–water partition coefficient (Wildman–Crippen LogP) is 2.04. The second-order valence-corrected chi connectivity index (χ2v) is 2.88. The summed E-state index contributed by atoms with van der Waals surface area (Å²) in [6.45, 7) is 8.49. The maximum absolute atomic E-state index is 3.31. The smallest absolute Gasteiger partial charge is 0.0115 e. The zero-order valence-corrected chi connectivity index (χ0v) is 7.91. The van der Waals surface area contributed by atoms with Gasteiger partial charge >= 0.3 is 0 Å². The van der Waals surface area contributed by atoms with Crippen molar-refractivity contribution < 1.29 is 0 Å². The summed E-state index contributed by atoms with van der Waals surface area (Å²) in [5.74, 6) is 6.75. The molecular formula is C10H19N. The standard InChI is InChI=1S/C10H19N/c1-4-6-7-10(3)8-9-11-5-2/h10-11H,5,7-9H2,1-3H3. The summed E-state index contributed by atoms with van der Waals surface area (Å²) in [6, 6.07) is 0. The SMILES string of the molecule is CC#CCC(C)CCNCC. The van der Waals surface area contributed by atoms with Crippen molar-refractivity contribution in [2.45, 2.75) is 33.6 Å². The van der Waals surface area contributed by atoms with E-state index in [1.54, 1.807) is 0 Å². The van der Waals surface area contributed by atoms with E-state index in [9.17, 15) is 0 Å². The van der Waals surface area contributed by atoms with Crippen molar-refractivity contribution in [3.8, 4) is 11.8 Å². The fourth-order valence-corrected chi connectivity index (χ4v) is 0.904. The van der Waals surface area contributed by atoms with Crippen molar-refractivity contribution in [1.82, 2.24) is 5.32 Å². The molecule has 0 aliphatic heterocycles. The number of hydrogen-bond donors (Lipinski definition) is 1. The Morgan fingerprint density at radius 1 is 1.45 bits per heavy atom. The number of nitrogens with one attached hydrogen (secondary N) is 1. The molecule has 64 valence electrons. The third-order valence-electron chi connectivity index (χ3n) is 1.69. The molecule has 1 unspecified atom stereocenters. The minimum Gasteiger partial charge on any atom is -0.317 e. The molecule has 0 heterocycles. The molecule has 0 aromatic carbocycles. The molecule has 1 nitrogen and oxygen atoms in total. The van der Waals surface area contributed by atoms with Gasteiger partial charge in [0.25, 0.3) is 0 Å². The average molecular weight is 153 g/mol. The fraction of sp³-hybridized carbons (Fsp3) is 0.800. The van der Waals surface area contributed by atoms with Gasteiger partial charge in [0.05, 0.1) is 0 Å². The van der Waals surface area contributed by atoms with Crippen LogP contribution in [0.3, 0.4) is 0 Å². The first kappa shape index (κ1) is 10.5. The van der Waals surface area contributed by atoms with Crippen LogP contribution in [0.5, 0.6) is 0 Å². The van der Waals surface area contributed by atoms with Crippen molar-refractivity contribution in [1.29, 1.82) is 0 Å². The van der Waals surface area contributed by atoms with E-state index >= 15 is 0 Å². The minimum absolute atomic E-state index is 0.737. The molecule has 0 saturated heterocycles. The molecule has 0 radical (unpaired) electrons. The van der Waals surface area contributed by atoms with Gasteiger partial charge in [0.1, 0.15) is 0 Å². The molecule has 11 heavy (non-hydrogen) atoms. The Kier molecular flexibility index (Phi) is 7.29. The van der Waals surface area contributed by atoms with Crippen LogP contribution in [0.1, 0.15) is 33.6 Å². The summed E-state index contributed by atoms with van der Waals surface area (Å²) in [7, 11) is 0. The van der Waals surface area contributed by atoms with E-state index in [0.29, 0.717) is 0 Å². The molecule has 0 bridgehead atoms. The molecular weight excluding hydrogens is 134 g/mol. The number of hydrogen-bond acceptors (Lipinski definition) is 1. The highest BCUT2D eigenvalue weighted by Crippen LogP contribution is 2.04. The first-order valence-corrected chi connectivity index (χ1v) is 4.41. The summed E-state index contributed by atoms with van der Waals surface area (Å²) in [5.41, 5.74) is 0. The highest BCUT2D eigenvalue weighted by molar-refractivity contribution is 4.95. The van der Waals surface area contributed by atoms with Crippen molar-refractivity contribution >= 4 is 0 Å². The van der Waals surface area contributed by atoms with Crippen molar-refractivity contribution in [2.75, 3.05) is 13.1 Å². The van der Waals surface area contributed by atoms with Gasteiger partial charge in [-0.15, -0.1) is 11.8 Å². The second-order valence-electron chi connectivity index (χ2n) is 2.88. The molecule has 0 aromatic heterocycles. The predicted molar refractivity (Wildman–Crippen MR) is 50.4 cm³/mol. The van der Waals surface area contributed by atoms with Gasteiger partial charge in [-0.3, -0.25) is 0 Å². The Labute approximate surface area is 70.6 Å². The lowest BCUT2D eigenvalue weighted by Crippen LogP contribution is -2.16. The largest absolute Gasteiger partial charge is 0.317 e. The van der Waals surface area contributed by atoms with Crippen LogP contribution in [0.4, 0.5) is 0 Å². The Bertz CT molecular complexity index is 130. The van der Waals surface area contributed by atoms with E-state index in [1.165, 1.54) is 6.42 Å². The van der Waals surface area contributed by atoms with E-state index < -0.39 is 0 Å². The van der Waals surface area contributed by atoms with Gasteiger partial charge in [0.15, 0.2) is 0 Å². The summed E-state index contributed by atoms with van der Waals surface area (Å²) in [5, 5.41) is 3.31. The molecule has 0 rings (SSSR count). The molecule has 0 fully saturated rings. The highest BCUT2D eigenvalue weighted by atomic mass is 14.8. The first-order chi connectivity index (χ1) is 5.31. The van der Waals surface area contributed by atoms with Crippen LogP contribution in [-0.4, -0.2) is 13.1 Å². The Hall–Kier alpha value is -0.480. The highest BCUT2D eigenvalue weighted by Gasteiger charge is 1.97. The Morgan fingerprint density at radius 3 is 2.73 bits per heavy atom. The maximum atomic E-state index is 3.31. The zero-order chi connectivity index (χ0) is 8.53. The summed E-state index contributed by atoms with van der Waals surface area (Å²) < 4.78 is 0. The topological polar surface area (TPSA) is 12.0 Å². The molecule has 0 aliphatic rings. The van der Waals surface area contributed by atoms with Crippen LogP contribution in [-0.2, 0) is 0 Å². The molecule has 0 aromatic rings. The van der Waals surface area contributed by atoms with Crippen molar-refractivity contribution in [2.24, 2.45) is 5.92 Å². The van der Waals surface area contributed by atoms with Crippen LogP contribution >= 0.6 is 0 Å². The normalized spacial score (nSPS) is 11.9. The van der Waals surface area contributed by atoms with E-state index in [1.807, 2.05) is 6.92 Å². The van der Waals surface area contributed by atoms with Crippen LogP contribution in [0, 0.1) is 17.8 Å². The fourth-order valence-electron chi connectivity index (χ4n) is 0.904. The van der Waals surface area contributed by atoms with Crippen LogP contribution in [0.25, 0.3) is 0 Å². The van der Waals surface area contributed by atoms with E-state index in [0.717, 1.165) is 25.4 Å². The van der Waals surface area contributed by atoms with Gasteiger partial charge in [-0.25, -0.2) is 0 Å². The molecule has 1 atom stereocenters. The summed E-state index contributed by atoms with van der Waals surface area (Å²) in [4.78, 5) is 0. The first-order valence-electron chi connectivity index (χ1n) is 4.41. The lowest BCUT2D eigenvalue weighted by Gasteiger charge is -2.06. The third kappa shape index (κ3) is 7.42. The molecule has 0 aliphatic carbocycles. The Balaban J connectivity index is 3.19. The molecule has 1 N–H and O–H groups in total. The monoisotopic (exact) mass is 153 g/mol.